The van der Waals surface area contributed by atoms with Crippen molar-refractivity contribution in [3.8, 4) is 6.07 Å². The molecule has 34 heavy (non-hydrogen) atoms. The number of ether oxygens (including phenoxy) is 1. The van der Waals surface area contributed by atoms with Gasteiger partial charge in [0.2, 0.25) is 5.91 Å². The molecule has 2 amide bonds. The number of nitriles is 1. The summed E-state index contributed by atoms with van der Waals surface area (Å²) >= 11 is 1.42. The molecule has 1 atom stereocenters. The number of fused-ring (bicyclic) bond motifs is 1. The van der Waals surface area contributed by atoms with E-state index < -0.39 is 18.5 Å². The zero-order valence-corrected chi connectivity index (χ0v) is 20.4. The minimum atomic E-state index is -0.661. The molecule has 8 nitrogen and oxygen atoms in total. The molecule has 2 aliphatic rings. The molecule has 0 bridgehead atoms. The van der Waals surface area contributed by atoms with Crippen molar-refractivity contribution in [1.82, 2.24) is 4.57 Å². The average Bonchev–Trinajstić information content (AvgIpc) is 3.07. The van der Waals surface area contributed by atoms with Gasteiger partial charge in [0.05, 0.1) is 22.1 Å². The lowest BCUT2D eigenvalue weighted by Gasteiger charge is -2.27. The molecule has 0 saturated heterocycles. The summed E-state index contributed by atoms with van der Waals surface area (Å²) in [6.45, 7) is 5.19. The van der Waals surface area contributed by atoms with Gasteiger partial charge in [-0.2, -0.15) is 5.26 Å². The molecule has 0 spiro atoms. The second kappa shape index (κ2) is 9.94. The summed E-state index contributed by atoms with van der Waals surface area (Å²) in [6.07, 6.45) is 5.44. The first-order valence-corrected chi connectivity index (χ1v) is 12.4. The summed E-state index contributed by atoms with van der Waals surface area (Å²) in [5, 5.41) is 15.1. The van der Waals surface area contributed by atoms with Crippen LogP contribution >= 0.6 is 11.8 Å². The van der Waals surface area contributed by atoms with E-state index in [0.717, 1.165) is 41.8 Å². The van der Waals surface area contributed by atoms with E-state index in [4.69, 9.17) is 4.74 Å². The molecule has 0 unspecified atom stereocenters. The van der Waals surface area contributed by atoms with Gasteiger partial charge in [0.15, 0.2) is 6.61 Å². The average molecular weight is 481 g/mol. The number of thioether (sulfide) groups is 1. The van der Waals surface area contributed by atoms with Gasteiger partial charge < -0.3 is 19.9 Å². The summed E-state index contributed by atoms with van der Waals surface area (Å²) in [5.41, 5.74) is 3.07. The van der Waals surface area contributed by atoms with E-state index in [9.17, 15) is 19.6 Å². The highest BCUT2D eigenvalue weighted by Crippen LogP contribution is 2.37. The Hall–Kier alpha value is -3.25. The molecule has 0 radical (unpaired) electrons. The number of aromatic nitrogens is 1. The lowest BCUT2D eigenvalue weighted by molar-refractivity contribution is -0.119. The zero-order chi connectivity index (χ0) is 24.4. The Labute approximate surface area is 203 Å². The molecular weight excluding hydrogens is 452 g/mol. The summed E-state index contributed by atoms with van der Waals surface area (Å²) in [6, 6.07) is 7.38. The Morgan fingerprint density at radius 3 is 2.71 bits per heavy atom. The van der Waals surface area contributed by atoms with Crippen molar-refractivity contribution in [2.45, 2.75) is 69.1 Å². The van der Waals surface area contributed by atoms with Gasteiger partial charge in [0.25, 0.3) is 5.91 Å². The molecule has 1 aliphatic carbocycles. The van der Waals surface area contributed by atoms with Gasteiger partial charge in [-0.15, -0.1) is 11.8 Å². The number of rotatable bonds is 5. The molecule has 1 aromatic carbocycles. The summed E-state index contributed by atoms with van der Waals surface area (Å²) in [4.78, 5) is 38.1. The Kier molecular flexibility index (Phi) is 6.98. The van der Waals surface area contributed by atoms with Crippen LogP contribution in [0.1, 0.15) is 72.2 Å². The fourth-order valence-electron chi connectivity index (χ4n) is 4.60. The van der Waals surface area contributed by atoms with Crippen LogP contribution in [0.15, 0.2) is 23.1 Å². The highest BCUT2D eigenvalue weighted by atomic mass is 32.2. The highest BCUT2D eigenvalue weighted by Gasteiger charge is 2.27. The number of amides is 2. The van der Waals surface area contributed by atoms with Gasteiger partial charge in [-0.05, 0) is 57.4 Å². The van der Waals surface area contributed by atoms with Crippen LogP contribution < -0.4 is 10.6 Å². The Balaban J connectivity index is 1.45. The number of benzene rings is 1. The molecule has 9 heteroatoms. The fraction of sp³-hybridized carbons (Fsp3) is 0.440. The minimum Gasteiger partial charge on any atom is -0.452 e. The summed E-state index contributed by atoms with van der Waals surface area (Å²) in [5.74, 6) is -0.809. The third-order valence-corrected chi connectivity index (χ3v) is 7.72. The molecular formula is C25H28N4O4S. The first kappa shape index (κ1) is 23.9. The van der Waals surface area contributed by atoms with E-state index in [-0.39, 0.29) is 22.8 Å². The zero-order valence-electron chi connectivity index (χ0n) is 19.6. The van der Waals surface area contributed by atoms with Crippen molar-refractivity contribution < 1.29 is 19.1 Å². The van der Waals surface area contributed by atoms with Crippen LogP contribution in [0.25, 0.3) is 0 Å². The van der Waals surface area contributed by atoms with Crippen molar-refractivity contribution in [2.75, 3.05) is 17.2 Å². The van der Waals surface area contributed by atoms with Crippen LogP contribution in [-0.2, 0) is 14.3 Å². The van der Waals surface area contributed by atoms with Crippen molar-refractivity contribution in [3.05, 3.63) is 40.6 Å². The fourth-order valence-corrected chi connectivity index (χ4v) is 5.53. The second-order valence-electron chi connectivity index (χ2n) is 8.79. The molecule has 2 N–H and O–H groups in total. The van der Waals surface area contributed by atoms with Gasteiger partial charge in [-0.1, -0.05) is 19.3 Å². The Bertz CT molecular complexity index is 1190. The number of nitrogens with one attached hydrogen (secondary N) is 2. The van der Waals surface area contributed by atoms with Crippen LogP contribution in [-0.4, -0.2) is 34.2 Å². The van der Waals surface area contributed by atoms with Crippen LogP contribution in [0, 0.1) is 25.2 Å². The number of anilines is 2. The molecule has 2 heterocycles. The molecule has 2 aromatic rings. The Morgan fingerprint density at radius 1 is 1.26 bits per heavy atom. The predicted octanol–water partition coefficient (Wildman–Crippen LogP) is 4.71. The van der Waals surface area contributed by atoms with Crippen LogP contribution in [0.5, 0.6) is 0 Å². The number of hydrogen-bond acceptors (Lipinski definition) is 6. The molecule has 178 valence electrons. The van der Waals surface area contributed by atoms with E-state index in [1.165, 1.54) is 18.2 Å². The molecule has 4 rings (SSSR count). The summed E-state index contributed by atoms with van der Waals surface area (Å²) < 4.78 is 7.30. The van der Waals surface area contributed by atoms with Crippen molar-refractivity contribution in [1.29, 1.82) is 5.26 Å². The maximum atomic E-state index is 12.7. The van der Waals surface area contributed by atoms with Gasteiger partial charge in [0.1, 0.15) is 11.9 Å². The van der Waals surface area contributed by atoms with E-state index in [0.29, 0.717) is 17.1 Å². The minimum absolute atomic E-state index is 0.123. The third-order valence-electron chi connectivity index (χ3n) is 6.55. The van der Waals surface area contributed by atoms with E-state index in [1.807, 2.05) is 20.8 Å². The maximum Gasteiger partial charge on any atom is 0.338 e. The molecule has 1 aromatic heterocycles. The smallest absolute Gasteiger partial charge is 0.338 e. The molecule has 1 saturated carbocycles. The standard InChI is InChI=1S/C25H28N4O4S/c1-14-15(2)29(18-7-5-4-6-8-18)23(19(14)12-26)28-22(30)13-33-25(32)17-9-10-21-20(11-17)27-24(31)16(3)34-21/h9-11,16,18H,4-8,13H2,1-3H3,(H,27,31)(H,28,30)/t16-/m1/s1. The first-order chi connectivity index (χ1) is 16.3. The number of carbonyl (C=O) groups excluding carboxylic acids is 3. The monoisotopic (exact) mass is 480 g/mol. The normalized spacial score (nSPS) is 17.9. The van der Waals surface area contributed by atoms with Crippen molar-refractivity contribution in [2.24, 2.45) is 0 Å². The van der Waals surface area contributed by atoms with Crippen molar-refractivity contribution >= 4 is 41.1 Å². The van der Waals surface area contributed by atoms with Crippen LogP contribution in [0.3, 0.4) is 0 Å². The van der Waals surface area contributed by atoms with Crippen LogP contribution in [0.2, 0.25) is 0 Å². The Morgan fingerprint density at radius 2 is 2.00 bits per heavy atom. The van der Waals surface area contributed by atoms with Gasteiger partial charge in [-0.3, -0.25) is 9.59 Å². The quantitative estimate of drug-likeness (QED) is 0.599. The van der Waals surface area contributed by atoms with Gasteiger partial charge >= 0.3 is 5.97 Å². The first-order valence-electron chi connectivity index (χ1n) is 11.5. The largest absolute Gasteiger partial charge is 0.452 e. The second-order valence-corrected chi connectivity index (χ2v) is 10.2. The lowest BCUT2D eigenvalue weighted by Crippen LogP contribution is -2.27. The number of nitrogens with zero attached hydrogens (tertiary/aromatic N) is 2. The maximum absolute atomic E-state index is 12.7. The molecule has 1 aliphatic heterocycles. The van der Waals surface area contributed by atoms with E-state index in [1.54, 1.807) is 18.2 Å². The number of esters is 1. The molecule has 1 fully saturated rings. The lowest BCUT2D eigenvalue weighted by atomic mass is 9.95. The van der Waals surface area contributed by atoms with E-state index in [2.05, 4.69) is 21.3 Å². The van der Waals surface area contributed by atoms with Gasteiger partial charge in [0, 0.05) is 16.6 Å². The van der Waals surface area contributed by atoms with E-state index >= 15 is 0 Å². The predicted molar refractivity (Wildman–Crippen MR) is 130 cm³/mol. The van der Waals surface area contributed by atoms with Gasteiger partial charge in [-0.25, -0.2) is 4.79 Å². The topological polar surface area (TPSA) is 113 Å². The van der Waals surface area contributed by atoms with Crippen LogP contribution in [0.4, 0.5) is 11.5 Å². The number of hydrogen-bond donors (Lipinski definition) is 2. The van der Waals surface area contributed by atoms with Crippen molar-refractivity contribution in [3.63, 3.8) is 0 Å². The highest BCUT2D eigenvalue weighted by molar-refractivity contribution is 8.00. The SMILES string of the molecule is Cc1c(C#N)c(NC(=O)COC(=O)c2ccc3c(c2)NC(=O)[C@@H](C)S3)n(C2CCCCC2)c1C. The third kappa shape index (κ3) is 4.68. The summed E-state index contributed by atoms with van der Waals surface area (Å²) in [7, 11) is 0. The number of carbonyl (C=O) groups is 3.